The van der Waals surface area contributed by atoms with E-state index in [0.29, 0.717) is 38.8 Å². The van der Waals surface area contributed by atoms with Crippen molar-refractivity contribution in [3.05, 3.63) is 92.9 Å². The highest BCUT2D eigenvalue weighted by molar-refractivity contribution is 9.10. The zero-order chi connectivity index (χ0) is 25.2. The normalized spacial score (nSPS) is 10.7. The summed E-state index contributed by atoms with van der Waals surface area (Å²) in [6, 6.07) is 21.3. The number of amides is 2. The second-order valence-electron chi connectivity index (χ2n) is 7.22. The fraction of sp³-hybridized carbons (Fsp3) is 0.115. The fourth-order valence-electron chi connectivity index (χ4n) is 3.02. The highest BCUT2D eigenvalue weighted by atomic mass is 79.9. The molecule has 178 valence electrons. The van der Waals surface area contributed by atoms with Crippen LogP contribution in [0, 0.1) is 11.3 Å². The molecule has 2 amide bonds. The number of anilines is 1. The van der Waals surface area contributed by atoms with E-state index in [4.69, 9.17) is 21.1 Å². The van der Waals surface area contributed by atoms with Crippen LogP contribution in [0.2, 0.25) is 5.02 Å². The molecule has 3 aromatic carbocycles. The van der Waals surface area contributed by atoms with Gasteiger partial charge in [0.1, 0.15) is 11.6 Å². The van der Waals surface area contributed by atoms with E-state index >= 15 is 0 Å². The number of carbonyl (C=O) groups excluding carboxylic acids is 2. The third kappa shape index (κ3) is 7.60. The molecule has 0 atom stereocenters. The Labute approximate surface area is 216 Å². The van der Waals surface area contributed by atoms with E-state index in [1.54, 1.807) is 36.4 Å². The zero-order valence-corrected chi connectivity index (χ0v) is 21.0. The molecule has 0 heterocycles. The number of nitrogens with one attached hydrogen (secondary N) is 2. The summed E-state index contributed by atoms with van der Waals surface area (Å²) in [5.74, 6) is -0.229. The molecule has 3 rings (SSSR count). The van der Waals surface area contributed by atoms with Gasteiger partial charge in [0.15, 0.2) is 18.1 Å². The molecule has 0 saturated heterocycles. The van der Waals surface area contributed by atoms with Crippen LogP contribution in [0.15, 0.2) is 76.8 Å². The predicted molar refractivity (Wildman–Crippen MR) is 138 cm³/mol. The number of nitrogens with zero attached hydrogens (tertiary/aromatic N) is 1. The van der Waals surface area contributed by atoms with Gasteiger partial charge in [0.2, 0.25) is 0 Å². The molecule has 0 aliphatic heterocycles. The number of ether oxygens (including phenoxy) is 2. The Morgan fingerprint density at radius 2 is 1.83 bits per heavy atom. The summed E-state index contributed by atoms with van der Waals surface area (Å²) in [7, 11) is 1.45. The molecule has 0 spiro atoms. The molecule has 0 aliphatic carbocycles. The summed E-state index contributed by atoms with van der Waals surface area (Å²) in [6.07, 6.45) is 1.45. The second-order valence-corrected chi connectivity index (χ2v) is 8.51. The minimum Gasteiger partial charge on any atom is -0.493 e. The maximum Gasteiger partial charge on any atom is 0.262 e. The summed E-state index contributed by atoms with van der Waals surface area (Å²) >= 11 is 9.26. The van der Waals surface area contributed by atoms with Gasteiger partial charge in [-0.05, 0) is 69.5 Å². The monoisotopic (exact) mass is 553 g/mol. The minimum atomic E-state index is -0.495. The van der Waals surface area contributed by atoms with Gasteiger partial charge < -0.3 is 20.1 Å². The molecule has 7 nitrogen and oxygen atoms in total. The molecule has 35 heavy (non-hydrogen) atoms. The van der Waals surface area contributed by atoms with Crippen LogP contribution in [0.3, 0.4) is 0 Å². The van der Waals surface area contributed by atoms with E-state index in [2.05, 4.69) is 26.6 Å². The Hall–Kier alpha value is -3.80. The number of nitriles is 1. The second kappa shape index (κ2) is 12.6. The zero-order valence-electron chi connectivity index (χ0n) is 18.7. The predicted octanol–water partition coefficient (Wildman–Crippen LogP) is 5.35. The first-order chi connectivity index (χ1) is 16.9. The van der Waals surface area contributed by atoms with Crippen molar-refractivity contribution in [1.29, 1.82) is 5.26 Å². The highest BCUT2D eigenvalue weighted by Crippen LogP contribution is 2.37. The number of carbonyl (C=O) groups is 2. The number of hydrogen-bond acceptors (Lipinski definition) is 5. The number of halogens is 2. The van der Waals surface area contributed by atoms with Gasteiger partial charge in [-0.2, -0.15) is 5.26 Å². The van der Waals surface area contributed by atoms with Crippen molar-refractivity contribution in [3.8, 4) is 17.6 Å². The maximum absolute atomic E-state index is 12.5. The molecular weight excluding hydrogens is 534 g/mol. The Bertz CT molecular complexity index is 1270. The van der Waals surface area contributed by atoms with Crippen LogP contribution >= 0.6 is 27.5 Å². The molecule has 0 saturated carbocycles. The molecule has 0 aromatic heterocycles. The topological polar surface area (TPSA) is 100 Å². The highest BCUT2D eigenvalue weighted by Gasteiger charge is 2.15. The SMILES string of the molecule is COc1cc(/C=C(\C#N)C(=O)NCc2ccccc2)cc(Br)c1OCC(=O)Nc1ccc(Cl)cc1. The van der Waals surface area contributed by atoms with Gasteiger partial charge in [0, 0.05) is 17.3 Å². The summed E-state index contributed by atoms with van der Waals surface area (Å²) in [6.45, 7) is 0.0364. The quantitative estimate of drug-likeness (QED) is 0.274. The van der Waals surface area contributed by atoms with Gasteiger partial charge in [-0.1, -0.05) is 41.9 Å². The molecule has 0 unspecified atom stereocenters. The van der Waals surface area contributed by atoms with E-state index in [0.717, 1.165) is 5.56 Å². The lowest BCUT2D eigenvalue weighted by Crippen LogP contribution is -2.23. The van der Waals surface area contributed by atoms with Crippen molar-refractivity contribution in [2.75, 3.05) is 19.0 Å². The van der Waals surface area contributed by atoms with Crippen LogP contribution in [0.5, 0.6) is 11.5 Å². The standard InChI is InChI=1S/C26H21BrClN3O4/c1-34-23-13-18(11-19(14-29)26(33)30-15-17-5-3-2-4-6-17)12-22(27)25(23)35-16-24(32)31-21-9-7-20(28)8-10-21/h2-13H,15-16H2,1H3,(H,30,33)(H,31,32)/b19-11+. The molecule has 0 aliphatic rings. The average Bonchev–Trinajstić information content (AvgIpc) is 2.86. The van der Waals surface area contributed by atoms with Crippen LogP contribution in [0.25, 0.3) is 6.08 Å². The number of benzene rings is 3. The van der Waals surface area contributed by atoms with Gasteiger partial charge in [-0.15, -0.1) is 0 Å². The lowest BCUT2D eigenvalue weighted by molar-refractivity contribution is -0.118. The van der Waals surface area contributed by atoms with Gasteiger partial charge in [0.25, 0.3) is 11.8 Å². The first-order valence-corrected chi connectivity index (χ1v) is 11.6. The van der Waals surface area contributed by atoms with Gasteiger partial charge in [-0.25, -0.2) is 0 Å². The van der Waals surface area contributed by atoms with Crippen LogP contribution in [-0.2, 0) is 16.1 Å². The van der Waals surface area contributed by atoms with Crippen molar-refractivity contribution < 1.29 is 19.1 Å². The maximum atomic E-state index is 12.5. The van der Waals surface area contributed by atoms with Crippen LogP contribution in [-0.4, -0.2) is 25.5 Å². The summed E-state index contributed by atoms with van der Waals surface area (Å²) in [5, 5.41) is 15.5. The van der Waals surface area contributed by atoms with Crippen LogP contribution < -0.4 is 20.1 Å². The Kier molecular flexibility index (Phi) is 9.30. The summed E-state index contributed by atoms with van der Waals surface area (Å²) in [4.78, 5) is 24.7. The van der Waals surface area contributed by atoms with Crippen molar-refractivity contribution in [2.24, 2.45) is 0 Å². The third-order valence-electron chi connectivity index (χ3n) is 4.70. The third-order valence-corrected chi connectivity index (χ3v) is 5.54. The lowest BCUT2D eigenvalue weighted by atomic mass is 10.1. The number of hydrogen-bond donors (Lipinski definition) is 2. The van der Waals surface area contributed by atoms with Crippen molar-refractivity contribution in [1.82, 2.24) is 5.32 Å². The van der Waals surface area contributed by atoms with Crippen molar-refractivity contribution in [3.63, 3.8) is 0 Å². The number of methoxy groups -OCH3 is 1. The average molecular weight is 555 g/mol. The first-order valence-electron chi connectivity index (χ1n) is 10.4. The Morgan fingerprint density at radius 1 is 1.11 bits per heavy atom. The largest absolute Gasteiger partial charge is 0.493 e. The molecule has 0 bridgehead atoms. The van der Waals surface area contributed by atoms with E-state index in [-0.39, 0.29) is 18.1 Å². The number of rotatable bonds is 9. The van der Waals surface area contributed by atoms with E-state index in [1.807, 2.05) is 36.4 Å². The fourth-order valence-corrected chi connectivity index (χ4v) is 3.72. The van der Waals surface area contributed by atoms with E-state index in [1.165, 1.54) is 13.2 Å². The molecule has 0 fully saturated rings. The Morgan fingerprint density at radius 3 is 2.49 bits per heavy atom. The van der Waals surface area contributed by atoms with Gasteiger partial charge >= 0.3 is 0 Å². The summed E-state index contributed by atoms with van der Waals surface area (Å²) < 4.78 is 11.6. The smallest absolute Gasteiger partial charge is 0.262 e. The molecule has 9 heteroatoms. The molecule has 0 radical (unpaired) electrons. The van der Waals surface area contributed by atoms with Gasteiger partial charge in [0.05, 0.1) is 11.6 Å². The lowest BCUT2D eigenvalue weighted by Gasteiger charge is -2.14. The molecular formula is C26H21BrClN3O4. The minimum absolute atomic E-state index is 0.0640. The molecule has 2 N–H and O–H groups in total. The Balaban J connectivity index is 1.68. The van der Waals surface area contributed by atoms with Gasteiger partial charge in [-0.3, -0.25) is 9.59 Å². The van der Waals surface area contributed by atoms with Crippen LogP contribution in [0.1, 0.15) is 11.1 Å². The van der Waals surface area contributed by atoms with Crippen molar-refractivity contribution >= 4 is 51.1 Å². The van der Waals surface area contributed by atoms with Crippen molar-refractivity contribution in [2.45, 2.75) is 6.54 Å². The van der Waals surface area contributed by atoms with Crippen LogP contribution in [0.4, 0.5) is 5.69 Å². The molecule has 3 aromatic rings. The van der Waals surface area contributed by atoms with E-state index < -0.39 is 5.91 Å². The summed E-state index contributed by atoms with van der Waals surface area (Å²) in [5.41, 5.74) is 1.98. The first kappa shape index (κ1) is 25.8. The van der Waals surface area contributed by atoms with E-state index in [9.17, 15) is 14.9 Å².